The molecule has 0 radical (unpaired) electrons. The summed E-state index contributed by atoms with van der Waals surface area (Å²) < 4.78 is 25.1. The fourth-order valence-corrected chi connectivity index (χ4v) is 5.04. The van der Waals surface area contributed by atoms with Gasteiger partial charge in [0, 0.05) is 25.0 Å². The van der Waals surface area contributed by atoms with Crippen molar-refractivity contribution in [2.45, 2.75) is 30.2 Å². The van der Waals surface area contributed by atoms with Crippen LogP contribution in [0.15, 0.2) is 59.5 Å². The number of carbonyl (C=O) groups is 1. The van der Waals surface area contributed by atoms with Gasteiger partial charge >= 0.3 is 0 Å². The van der Waals surface area contributed by atoms with E-state index in [0.29, 0.717) is 19.5 Å². The van der Waals surface area contributed by atoms with Gasteiger partial charge in [-0.05, 0) is 24.1 Å². The van der Waals surface area contributed by atoms with Gasteiger partial charge in [-0.1, -0.05) is 49.4 Å². The summed E-state index contributed by atoms with van der Waals surface area (Å²) in [7, 11) is -3.47. The Morgan fingerprint density at radius 1 is 1.08 bits per heavy atom. The SMILES string of the molecule is CCCS(=O)(=O)c1ccccc1C(=O)N1C[C@@H](N)[C@H](c2ccccc2)C1. The van der Waals surface area contributed by atoms with Crippen LogP contribution in [0.3, 0.4) is 0 Å². The molecule has 1 saturated heterocycles. The van der Waals surface area contributed by atoms with Gasteiger partial charge in [-0.15, -0.1) is 0 Å². The third kappa shape index (κ3) is 3.66. The lowest BCUT2D eigenvalue weighted by Crippen LogP contribution is -2.33. The fourth-order valence-electron chi connectivity index (χ4n) is 3.51. The molecule has 6 heteroatoms. The molecule has 3 rings (SSSR count). The van der Waals surface area contributed by atoms with Gasteiger partial charge < -0.3 is 10.6 Å². The van der Waals surface area contributed by atoms with E-state index in [4.69, 9.17) is 5.73 Å². The van der Waals surface area contributed by atoms with E-state index in [0.717, 1.165) is 5.56 Å². The molecule has 138 valence electrons. The van der Waals surface area contributed by atoms with Crippen molar-refractivity contribution in [2.75, 3.05) is 18.8 Å². The number of hydrogen-bond donors (Lipinski definition) is 1. The fraction of sp³-hybridized carbons (Fsp3) is 0.350. The van der Waals surface area contributed by atoms with Crippen LogP contribution in [0.2, 0.25) is 0 Å². The number of benzene rings is 2. The van der Waals surface area contributed by atoms with Gasteiger partial charge in [-0.25, -0.2) is 8.42 Å². The van der Waals surface area contributed by atoms with Crippen LogP contribution in [0.4, 0.5) is 0 Å². The molecular formula is C20H24N2O3S. The Labute approximate surface area is 154 Å². The second-order valence-corrected chi connectivity index (χ2v) is 8.78. The molecular weight excluding hydrogens is 348 g/mol. The molecule has 0 saturated carbocycles. The number of likely N-dealkylation sites (tertiary alicyclic amines) is 1. The molecule has 2 N–H and O–H groups in total. The van der Waals surface area contributed by atoms with Crippen LogP contribution in [0, 0.1) is 0 Å². The van der Waals surface area contributed by atoms with Crippen molar-refractivity contribution in [3.05, 3.63) is 65.7 Å². The van der Waals surface area contributed by atoms with E-state index in [1.54, 1.807) is 23.1 Å². The minimum atomic E-state index is -3.47. The van der Waals surface area contributed by atoms with Crippen LogP contribution >= 0.6 is 0 Å². The van der Waals surface area contributed by atoms with Gasteiger partial charge in [-0.2, -0.15) is 0 Å². The van der Waals surface area contributed by atoms with Crippen LogP contribution in [-0.4, -0.2) is 44.1 Å². The lowest BCUT2D eigenvalue weighted by molar-refractivity contribution is 0.0785. The standard InChI is InChI=1S/C20H24N2O3S/c1-2-12-26(24,25)19-11-7-6-10-16(19)20(23)22-13-17(18(21)14-22)15-8-4-3-5-9-15/h3-11,17-18H,2,12-14,21H2,1H3/t17-,18+/m0/s1. The van der Waals surface area contributed by atoms with Gasteiger partial charge in [0.2, 0.25) is 0 Å². The summed E-state index contributed by atoms with van der Waals surface area (Å²) in [5, 5.41) is 0. The van der Waals surface area contributed by atoms with E-state index in [9.17, 15) is 13.2 Å². The Kier molecular flexibility index (Phi) is 5.44. The summed E-state index contributed by atoms with van der Waals surface area (Å²) in [6, 6.07) is 16.2. The van der Waals surface area contributed by atoms with Gasteiger partial charge in [0.1, 0.15) is 0 Å². The molecule has 0 bridgehead atoms. The molecule has 5 nitrogen and oxygen atoms in total. The maximum absolute atomic E-state index is 13.0. The normalized spacial score (nSPS) is 20.3. The van der Waals surface area contributed by atoms with E-state index in [2.05, 4.69) is 0 Å². The Balaban J connectivity index is 1.87. The van der Waals surface area contributed by atoms with Crippen molar-refractivity contribution < 1.29 is 13.2 Å². The lowest BCUT2D eigenvalue weighted by atomic mass is 9.95. The summed E-state index contributed by atoms with van der Waals surface area (Å²) in [6.45, 7) is 2.72. The second-order valence-electron chi connectivity index (χ2n) is 6.71. The number of rotatable bonds is 5. The zero-order chi connectivity index (χ0) is 18.7. The molecule has 26 heavy (non-hydrogen) atoms. The number of nitrogens with zero attached hydrogens (tertiary/aromatic N) is 1. The first-order valence-electron chi connectivity index (χ1n) is 8.85. The molecule has 0 unspecified atom stereocenters. The minimum Gasteiger partial charge on any atom is -0.336 e. The molecule has 0 aromatic heterocycles. The van der Waals surface area contributed by atoms with E-state index >= 15 is 0 Å². The quantitative estimate of drug-likeness (QED) is 0.874. The number of nitrogens with two attached hydrogens (primary N) is 1. The summed E-state index contributed by atoms with van der Waals surface area (Å²) >= 11 is 0. The molecule has 1 aliphatic rings. The van der Waals surface area contributed by atoms with Gasteiger partial charge in [-0.3, -0.25) is 4.79 Å². The highest BCUT2D eigenvalue weighted by molar-refractivity contribution is 7.91. The first kappa shape index (κ1) is 18.6. The average Bonchev–Trinajstić information content (AvgIpc) is 3.03. The van der Waals surface area contributed by atoms with Gasteiger partial charge in [0.25, 0.3) is 5.91 Å². The molecule has 0 aliphatic carbocycles. The Morgan fingerprint density at radius 2 is 1.73 bits per heavy atom. The number of amides is 1. The van der Waals surface area contributed by atoms with Crippen LogP contribution in [0.25, 0.3) is 0 Å². The molecule has 1 amide bonds. The van der Waals surface area contributed by atoms with Crippen molar-refractivity contribution in [2.24, 2.45) is 5.73 Å². The first-order valence-corrected chi connectivity index (χ1v) is 10.5. The van der Waals surface area contributed by atoms with Crippen molar-refractivity contribution in [3.8, 4) is 0 Å². The third-order valence-corrected chi connectivity index (χ3v) is 6.78. The highest BCUT2D eigenvalue weighted by atomic mass is 32.2. The highest BCUT2D eigenvalue weighted by Gasteiger charge is 2.35. The summed E-state index contributed by atoms with van der Waals surface area (Å²) in [5.74, 6) is -0.183. The number of hydrogen-bond acceptors (Lipinski definition) is 4. The first-order chi connectivity index (χ1) is 12.4. The maximum atomic E-state index is 13.0. The molecule has 1 heterocycles. The van der Waals surface area contributed by atoms with E-state index < -0.39 is 9.84 Å². The summed E-state index contributed by atoms with van der Waals surface area (Å²) in [4.78, 5) is 14.8. The van der Waals surface area contributed by atoms with Crippen molar-refractivity contribution >= 4 is 15.7 Å². The summed E-state index contributed by atoms with van der Waals surface area (Å²) in [5.41, 5.74) is 7.61. The van der Waals surface area contributed by atoms with E-state index in [1.807, 2.05) is 37.3 Å². The van der Waals surface area contributed by atoms with Gasteiger partial charge in [0.05, 0.1) is 16.2 Å². The lowest BCUT2D eigenvalue weighted by Gasteiger charge is -2.18. The topological polar surface area (TPSA) is 80.5 Å². The molecule has 2 aromatic carbocycles. The van der Waals surface area contributed by atoms with Crippen LogP contribution in [-0.2, 0) is 9.84 Å². The summed E-state index contributed by atoms with van der Waals surface area (Å²) in [6.07, 6.45) is 0.509. The zero-order valence-corrected chi connectivity index (χ0v) is 15.7. The number of sulfone groups is 1. The monoisotopic (exact) mass is 372 g/mol. The molecule has 1 fully saturated rings. The largest absolute Gasteiger partial charge is 0.336 e. The zero-order valence-electron chi connectivity index (χ0n) is 14.8. The average molecular weight is 372 g/mol. The third-order valence-electron chi connectivity index (χ3n) is 4.81. The predicted octanol–water partition coefficient (Wildman–Crippen LogP) is 2.44. The maximum Gasteiger partial charge on any atom is 0.255 e. The van der Waals surface area contributed by atoms with Gasteiger partial charge in [0.15, 0.2) is 9.84 Å². The smallest absolute Gasteiger partial charge is 0.255 e. The Morgan fingerprint density at radius 3 is 2.42 bits per heavy atom. The number of carbonyl (C=O) groups excluding carboxylic acids is 1. The minimum absolute atomic E-state index is 0.0312. The molecule has 0 spiro atoms. The van der Waals surface area contributed by atoms with Crippen LogP contribution in [0.5, 0.6) is 0 Å². The Bertz CT molecular complexity index is 881. The molecule has 1 aliphatic heterocycles. The van der Waals surface area contributed by atoms with Crippen molar-refractivity contribution in [3.63, 3.8) is 0 Å². The molecule has 2 atom stereocenters. The van der Waals surface area contributed by atoms with E-state index in [1.165, 1.54) is 6.07 Å². The Hall–Kier alpha value is -2.18. The second kappa shape index (κ2) is 7.60. The predicted molar refractivity (Wildman–Crippen MR) is 102 cm³/mol. The van der Waals surface area contributed by atoms with Crippen LogP contribution < -0.4 is 5.73 Å². The highest BCUT2D eigenvalue weighted by Crippen LogP contribution is 2.29. The molecule has 2 aromatic rings. The van der Waals surface area contributed by atoms with Crippen molar-refractivity contribution in [1.82, 2.24) is 4.90 Å². The van der Waals surface area contributed by atoms with Crippen molar-refractivity contribution in [1.29, 1.82) is 0 Å². The van der Waals surface area contributed by atoms with E-state index in [-0.39, 0.29) is 34.1 Å². The van der Waals surface area contributed by atoms with Crippen LogP contribution in [0.1, 0.15) is 35.2 Å².